The van der Waals surface area contributed by atoms with Crippen molar-refractivity contribution in [1.29, 1.82) is 0 Å². The highest BCUT2D eigenvalue weighted by Gasteiger charge is 2.00. The van der Waals surface area contributed by atoms with Gasteiger partial charge in [0.15, 0.2) is 0 Å². The molecule has 0 saturated heterocycles. The smallest absolute Gasteiger partial charge is 0.130 e. The van der Waals surface area contributed by atoms with E-state index >= 15 is 0 Å². The fourth-order valence-corrected chi connectivity index (χ4v) is 2.00. The lowest BCUT2D eigenvalue weighted by Gasteiger charge is -2.07. The molecule has 0 aliphatic carbocycles. The standard InChI is InChI=1S/C16H14N2O/c17-11-14-10-16(7-8-18-14)19-15-6-5-12-3-1-2-4-13(12)9-15/h1-10H,11,17H2. The Labute approximate surface area is 111 Å². The molecule has 1 heterocycles. The van der Waals surface area contributed by atoms with Crippen molar-refractivity contribution in [3.05, 3.63) is 66.5 Å². The summed E-state index contributed by atoms with van der Waals surface area (Å²) in [5.41, 5.74) is 6.39. The van der Waals surface area contributed by atoms with Crippen LogP contribution in [0.15, 0.2) is 60.8 Å². The zero-order valence-electron chi connectivity index (χ0n) is 10.4. The quantitative estimate of drug-likeness (QED) is 0.774. The Hall–Kier alpha value is -2.39. The third-order valence-electron chi connectivity index (χ3n) is 2.95. The van der Waals surface area contributed by atoms with Gasteiger partial charge in [0.25, 0.3) is 0 Å². The van der Waals surface area contributed by atoms with Crippen molar-refractivity contribution in [2.45, 2.75) is 6.54 Å². The summed E-state index contributed by atoms with van der Waals surface area (Å²) in [5, 5.41) is 2.36. The Morgan fingerprint density at radius 2 is 1.68 bits per heavy atom. The molecule has 94 valence electrons. The minimum absolute atomic E-state index is 0.412. The number of ether oxygens (including phenoxy) is 1. The van der Waals surface area contributed by atoms with Gasteiger partial charge in [-0.25, -0.2) is 0 Å². The van der Waals surface area contributed by atoms with Crippen LogP contribution in [-0.4, -0.2) is 4.98 Å². The monoisotopic (exact) mass is 250 g/mol. The van der Waals surface area contributed by atoms with Gasteiger partial charge in [0, 0.05) is 18.8 Å². The molecule has 0 aliphatic heterocycles. The first-order chi connectivity index (χ1) is 9.35. The molecule has 2 N–H and O–H groups in total. The fraction of sp³-hybridized carbons (Fsp3) is 0.0625. The Kier molecular flexibility index (Phi) is 3.12. The molecule has 3 nitrogen and oxygen atoms in total. The van der Waals surface area contributed by atoms with Crippen molar-refractivity contribution < 1.29 is 4.74 Å². The lowest BCUT2D eigenvalue weighted by atomic mass is 10.1. The van der Waals surface area contributed by atoms with E-state index in [1.54, 1.807) is 6.20 Å². The number of nitrogens with zero attached hydrogens (tertiary/aromatic N) is 1. The lowest BCUT2D eigenvalue weighted by Crippen LogP contribution is -1.99. The molecule has 19 heavy (non-hydrogen) atoms. The van der Waals surface area contributed by atoms with Crippen LogP contribution in [0.5, 0.6) is 11.5 Å². The molecule has 0 unspecified atom stereocenters. The maximum absolute atomic E-state index is 5.83. The summed E-state index contributed by atoms with van der Waals surface area (Å²) in [5.74, 6) is 1.57. The molecule has 3 heteroatoms. The van der Waals surface area contributed by atoms with E-state index in [1.807, 2.05) is 36.4 Å². The highest BCUT2D eigenvalue weighted by molar-refractivity contribution is 5.83. The number of hydrogen-bond donors (Lipinski definition) is 1. The molecule has 3 aromatic rings. The first-order valence-corrected chi connectivity index (χ1v) is 6.17. The minimum Gasteiger partial charge on any atom is -0.457 e. The summed E-state index contributed by atoms with van der Waals surface area (Å²) < 4.78 is 5.83. The normalized spacial score (nSPS) is 10.6. The molecule has 0 radical (unpaired) electrons. The average molecular weight is 250 g/mol. The van der Waals surface area contributed by atoms with Crippen molar-refractivity contribution in [2.75, 3.05) is 0 Å². The maximum Gasteiger partial charge on any atom is 0.130 e. The van der Waals surface area contributed by atoms with Gasteiger partial charge < -0.3 is 10.5 Å². The molecule has 1 aromatic heterocycles. The van der Waals surface area contributed by atoms with E-state index in [4.69, 9.17) is 10.5 Å². The Morgan fingerprint density at radius 1 is 0.895 bits per heavy atom. The van der Waals surface area contributed by atoms with Crippen LogP contribution in [-0.2, 0) is 6.54 Å². The van der Waals surface area contributed by atoms with E-state index in [0.29, 0.717) is 6.54 Å². The molecule has 0 amide bonds. The summed E-state index contributed by atoms with van der Waals surface area (Å²) >= 11 is 0. The topological polar surface area (TPSA) is 48.1 Å². The van der Waals surface area contributed by atoms with Gasteiger partial charge in [-0.05, 0) is 29.0 Å². The first kappa shape index (κ1) is 11.7. The second-order valence-electron chi connectivity index (χ2n) is 4.30. The highest BCUT2D eigenvalue weighted by atomic mass is 16.5. The lowest BCUT2D eigenvalue weighted by molar-refractivity contribution is 0.481. The van der Waals surface area contributed by atoms with Crippen LogP contribution in [0.25, 0.3) is 10.8 Å². The number of rotatable bonds is 3. The predicted molar refractivity (Wildman–Crippen MR) is 76.2 cm³/mol. The number of fused-ring (bicyclic) bond motifs is 1. The van der Waals surface area contributed by atoms with Crippen molar-refractivity contribution in [3.8, 4) is 11.5 Å². The SMILES string of the molecule is NCc1cc(Oc2ccc3ccccc3c2)ccn1. The third kappa shape index (κ3) is 2.56. The highest BCUT2D eigenvalue weighted by Crippen LogP contribution is 2.25. The molecule has 0 saturated carbocycles. The van der Waals surface area contributed by atoms with Crippen LogP contribution >= 0.6 is 0 Å². The summed E-state index contributed by atoms with van der Waals surface area (Å²) in [6.45, 7) is 0.412. The van der Waals surface area contributed by atoms with Crippen LogP contribution < -0.4 is 10.5 Å². The zero-order valence-corrected chi connectivity index (χ0v) is 10.4. The second kappa shape index (κ2) is 5.08. The molecular formula is C16H14N2O. The Bertz CT molecular complexity index is 710. The summed E-state index contributed by atoms with van der Waals surface area (Å²) in [6.07, 6.45) is 1.71. The number of pyridine rings is 1. The second-order valence-corrected chi connectivity index (χ2v) is 4.30. The van der Waals surface area contributed by atoms with Crippen LogP contribution in [0.3, 0.4) is 0 Å². The van der Waals surface area contributed by atoms with E-state index in [2.05, 4.69) is 23.2 Å². The Balaban J connectivity index is 1.92. The van der Waals surface area contributed by atoms with Crippen LogP contribution in [0.4, 0.5) is 0 Å². The van der Waals surface area contributed by atoms with E-state index in [0.717, 1.165) is 22.6 Å². The van der Waals surface area contributed by atoms with Crippen LogP contribution in [0.1, 0.15) is 5.69 Å². The van der Waals surface area contributed by atoms with Gasteiger partial charge in [0.2, 0.25) is 0 Å². The van der Waals surface area contributed by atoms with E-state index in [9.17, 15) is 0 Å². The van der Waals surface area contributed by atoms with Gasteiger partial charge >= 0.3 is 0 Å². The zero-order chi connectivity index (χ0) is 13.1. The molecule has 3 rings (SSSR count). The van der Waals surface area contributed by atoms with Crippen molar-refractivity contribution in [3.63, 3.8) is 0 Å². The van der Waals surface area contributed by atoms with Crippen molar-refractivity contribution in [2.24, 2.45) is 5.73 Å². The number of benzene rings is 2. The summed E-state index contributed by atoms with van der Waals surface area (Å²) in [4.78, 5) is 4.14. The van der Waals surface area contributed by atoms with Crippen molar-refractivity contribution >= 4 is 10.8 Å². The van der Waals surface area contributed by atoms with Gasteiger partial charge in [-0.15, -0.1) is 0 Å². The molecule has 0 atom stereocenters. The molecular weight excluding hydrogens is 236 g/mol. The first-order valence-electron chi connectivity index (χ1n) is 6.17. The Morgan fingerprint density at radius 3 is 2.53 bits per heavy atom. The van der Waals surface area contributed by atoms with Gasteiger partial charge in [-0.1, -0.05) is 30.3 Å². The minimum atomic E-state index is 0.412. The van der Waals surface area contributed by atoms with E-state index in [-0.39, 0.29) is 0 Å². The predicted octanol–water partition coefficient (Wildman–Crippen LogP) is 3.49. The maximum atomic E-state index is 5.83. The molecule has 0 bridgehead atoms. The number of aromatic nitrogens is 1. The van der Waals surface area contributed by atoms with E-state index in [1.165, 1.54) is 5.39 Å². The van der Waals surface area contributed by atoms with Crippen LogP contribution in [0, 0.1) is 0 Å². The summed E-state index contributed by atoms with van der Waals surface area (Å²) in [6, 6.07) is 17.9. The summed E-state index contributed by atoms with van der Waals surface area (Å²) in [7, 11) is 0. The number of hydrogen-bond acceptors (Lipinski definition) is 3. The fourth-order valence-electron chi connectivity index (χ4n) is 2.00. The molecule has 0 fully saturated rings. The van der Waals surface area contributed by atoms with Crippen LogP contribution in [0.2, 0.25) is 0 Å². The average Bonchev–Trinajstić information content (AvgIpc) is 2.47. The van der Waals surface area contributed by atoms with Gasteiger partial charge in [-0.3, -0.25) is 4.98 Å². The van der Waals surface area contributed by atoms with Crippen molar-refractivity contribution in [1.82, 2.24) is 4.98 Å². The van der Waals surface area contributed by atoms with Gasteiger partial charge in [0.1, 0.15) is 11.5 Å². The van der Waals surface area contributed by atoms with Gasteiger partial charge in [0.05, 0.1) is 5.69 Å². The van der Waals surface area contributed by atoms with E-state index < -0.39 is 0 Å². The molecule has 0 spiro atoms. The van der Waals surface area contributed by atoms with Gasteiger partial charge in [-0.2, -0.15) is 0 Å². The molecule has 0 aliphatic rings. The number of nitrogens with two attached hydrogens (primary N) is 1. The largest absolute Gasteiger partial charge is 0.457 e. The third-order valence-corrected chi connectivity index (χ3v) is 2.95. The molecule has 2 aromatic carbocycles.